The van der Waals surface area contributed by atoms with Crippen molar-refractivity contribution in [2.75, 3.05) is 24.5 Å². The number of rotatable bonds is 4. The van der Waals surface area contributed by atoms with Gasteiger partial charge in [0.2, 0.25) is 0 Å². The number of anilines is 1. The molecule has 0 amide bonds. The molecule has 0 atom stereocenters. The summed E-state index contributed by atoms with van der Waals surface area (Å²) in [6.07, 6.45) is 5.04. The second-order valence-electron chi connectivity index (χ2n) is 4.92. The van der Waals surface area contributed by atoms with E-state index >= 15 is 0 Å². The zero-order valence-electron chi connectivity index (χ0n) is 11.2. The van der Waals surface area contributed by atoms with Crippen molar-refractivity contribution >= 4 is 5.69 Å². The Balaban J connectivity index is 2.21. The Morgan fingerprint density at radius 3 is 2.56 bits per heavy atom. The van der Waals surface area contributed by atoms with E-state index in [0.717, 1.165) is 30.9 Å². The zero-order chi connectivity index (χ0) is 12.8. The van der Waals surface area contributed by atoms with Crippen molar-refractivity contribution in [2.24, 2.45) is 0 Å². The Kier molecular flexibility index (Phi) is 5.00. The van der Waals surface area contributed by atoms with E-state index in [-0.39, 0.29) is 5.82 Å². The largest absolute Gasteiger partial charge is 0.371 e. The van der Waals surface area contributed by atoms with Crippen LogP contribution < -0.4 is 10.2 Å². The fourth-order valence-electron chi connectivity index (χ4n) is 2.58. The molecule has 3 heteroatoms. The van der Waals surface area contributed by atoms with Crippen molar-refractivity contribution in [3.8, 4) is 0 Å². The predicted octanol–water partition coefficient (Wildman–Crippen LogP) is 3.32. The van der Waals surface area contributed by atoms with Gasteiger partial charge in [-0.1, -0.05) is 25.8 Å². The van der Waals surface area contributed by atoms with Crippen molar-refractivity contribution in [3.63, 3.8) is 0 Å². The Bertz CT molecular complexity index is 371. The number of nitrogens with one attached hydrogen (secondary N) is 1. The number of hydrogen-bond acceptors (Lipinski definition) is 2. The van der Waals surface area contributed by atoms with Gasteiger partial charge in [-0.3, -0.25) is 0 Å². The molecule has 100 valence electrons. The molecular weight excluding hydrogens is 227 g/mol. The molecule has 1 heterocycles. The van der Waals surface area contributed by atoms with Gasteiger partial charge in [-0.15, -0.1) is 0 Å². The van der Waals surface area contributed by atoms with E-state index in [0.29, 0.717) is 6.54 Å². The topological polar surface area (TPSA) is 15.3 Å². The summed E-state index contributed by atoms with van der Waals surface area (Å²) < 4.78 is 14.0. The summed E-state index contributed by atoms with van der Waals surface area (Å²) in [4.78, 5) is 2.35. The molecule has 0 unspecified atom stereocenters. The van der Waals surface area contributed by atoms with E-state index in [1.54, 1.807) is 6.07 Å². The molecule has 1 aromatic rings. The fourth-order valence-corrected chi connectivity index (χ4v) is 2.58. The second-order valence-corrected chi connectivity index (χ2v) is 4.92. The molecule has 1 N–H and O–H groups in total. The molecule has 1 fully saturated rings. The average molecular weight is 250 g/mol. The molecule has 0 radical (unpaired) electrons. The third kappa shape index (κ3) is 3.22. The highest BCUT2D eigenvalue weighted by Gasteiger charge is 2.15. The van der Waals surface area contributed by atoms with Crippen molar-refractivity contribution in [2.45, 2.75) is 39.2 Å². The van der Waals surface area contributed by atoms with Crippen LogP contribution in [0.15, 0.2) is 18.2 Å². The van der Waals surface area contributed by atoms with Crippen LogP contribution in [0.4, 0.5) is 10.1 Å². The van der Waals surface area contributed by atoms with Gasteiger partial charge in [0.1, 0.15) is 5.82 Å². The Hall–Kier alpha value is -1.09. The molecule has 0 aliphatic carbocycles. The summed E-state index contributed by atoms with van der Waals surface area (Å²) in [6, 6.07) is 5.44. The Morgan fingerprint density at radius 1 is 1.17 bits per heavy atom. The molecule has 1 aliphatic rings. The Morgan fingerprint density at radius 2 is 1.89 bits per heavy atom. The highest BCUT2D eigenvalue weighted by molar-refractivity contribution is 5.54. The highest BCUT2D eigenvalue weighted by Crippen LogP contribution is 2.25. The van der Waals surface area contributed by atoms with Gasteiger partial charge >= 0.3 is 0 Å². The maximum absolute atomic E-state index is 14.0. The summed E-state index contributed by atoms with van der Waals surface area (Å²) in [5.74, 6) is -0.0855. The lowest BCUT2D eigenvalue weighted by molar-refractivity contribution is 0.591. The van der Waals surface area contributed by atoms with Gasteiger partial charge in [0.15, 0.2) is 0 Å². The molecule has 1 saturated heterocycles. The lowest BCUT2D eigenvalue weighted by Crippen LogP contribution is -2.26. The van der Waals surface area contributed by atoms with Crippen LogP contribution in [0.5, 0.6) is 0 Å². The maximum Gasteiger partial charge on any atom is 0.129 e. The maximum atomic E-state index is 14.0. The first-order chi connectivity index (χ1) is 8.83. The molecule has 0 saturated carbocycles. The molecule has 1 aliphatic heterocycles. The van der Waals surface area contributed by atoms with E-state index < -0.39 is 0 Å². The monoisotopic (exact) mass is 250 g/mol. The molecule has 2 nitrogen and oxygen atoms in total. The van der Waals surface area contributed by atoms with Crippen molar-refractivity contribution in [1.29, 1.82) is 0 Å². The van der Waals surface area contributed by atoms with Gasteiger partial charge in [-0.2, -0.15) is 0 Å². The summed E-state index contributed by atoms with van der Waals surface area (Å²) in [5, 5.41) is 3.23. The third-order valence-corrected chi connectivity index (χ3v) is 3.59. The minimum atomic E-state index is -0.0855. The van der Waals surface area contributed by atoms with Crippen LogP contribution in [0, 0.1) is 5.82 Å². The number of halogens is 1. The van der Waals surface area contributed by atoms with Crippen LogP contribution in [0.25, 0.3) is 0 Å². The smallest absolute Gasteiger partial charge is 0.129 e. The molecule has 2 rings (SSSR count). The van der Waals surface area contributed by atoms with Crippen LogP contribution in [0.3, 0.4) is 0 Å². The minimum Gasteiger partial charge on any atom is -0.371 e. The number of benzene rings is 1. The van der Waals surface area contributed by atoms with Gasteiger partial charge in [0, 0.05) is 30.9 Å². The van der Waals surface area contributed by atoms with Crippen molar-refractivity contribution in [3.05, 3.63) is 29.6 Å². The van der Waals surface area contributed by atoms with Crippen LogP contribution in [0.1, 0.15) is 38.2 Å². The average Bonchev–Trinajstić information content (AvgIpc) is 2.66. The molecule has 1 aromatic carbocycles. The Labute approximate surface area is 109 Å². The minimum absolute atomic E-state index is 0.0855. The van der Waals surface area contributed by atoms with Gasteiger partial charge in [-0.25, -0.2) is 4.39 Å². The van der Waals surface area contributed by atoms with Crippen LogP contribution in [-0.2, 0) is 6.54 Å². The molecule has 0 bridgehead atoms. The van der Waals surface area contributed by atoms with Crippen LogP contribution >= 0.6 is 0 Å². The lowest BCUT2D eigenvalue weighted by atomic mass is 10.1. The fraction of sp³-hybridized carbons (Fsp3) is 0.600. The summed E-state index contributed by atoms with van der Waals surface area (Å²) in [5.41, 5.74) is 1.90. The van der Waals surface area contributed by atoms with E-state index in [1.165, 1.54) is 25.7 Å². The summed E-state index contributed by atoms with van der Waals surface area (Å²) >= 11 is 0. The van der Waals surface area contributed by atoms with E-state index in [1.807, 2.05) is 13.0 Å². The van der Waals surface area contributed by atoms with Crippen molar-refractivity contribution < 1.29 is 4.39 Å². The molecular formula is C15H23FN2. The van der Waals surface area contributed by atoms with Gasteiger partial charge in [0.05, 0.1) is 0 Å². The van der Waals surface area contributed by atoms with E-state index in [2.05, 4.69) is 16.3 Å². The van der Waals surface area contributed by atoms with E-state index in [9.17, 15) is 4.39 Å². The summed E-state index contributed by atoms with van der Waals surface area (Å²) in [6.45, 7) is 5.65. The number of hydrogen-bond donors (Lipinski definition) is 1. The lowest BCUT2D eigenvalue weighted by Gasteiger charge is -2.25. The third-order valence-electron chi connectivity index (χ3n) is 3.59. The van der Waals surface area contributed by atoms with Crippen LogP contribution in [-0.4, -0.2) is 19.6 Å². The first-order valence-corrected chi connectivity index (χ1v) is 7.06. The standard InChI is InChI=1S/C15H23FN2/c1-2-17-12-13-14(16)8-7-9-15(13)18-10-5-3-4-6-11-18/h7-9,17H,2-6,10-12H2,1H3. The summed E-state index contributed by atoms with van der Waals surface area (Å²) in [7, 11) is 0. The SMILES string of the molecule is CCNCc1c(F)cccc1N1CCCCCC1. The van der Waals surface area contributed by atoms with E-state index in [4.69, 9.17) is 0 Å². The first-order valence-electron chi connectivity index (χ1n) is 7.06. The quantitative estimate of drug-likeness (QED) is 0.882. The second kappa shape index (κ2) is 6.74. The van der Waals surface area contributed by atoms with Crippen LogP contribution in [0.2, 0.25) is 0 Å². The first kappa shape index (κ1) is 13.3. The van der Waals surface area contributed by atoms with Gasteiger partial charge in [0.25, 0.3) is 0 Å². The normalized spacial score (nSPS) is 16.7. The van der Waals surface area contributed by atoms with Crippen molar-refractivity contribution in [1.82, 2.24) is 5.32 Å². The predicted molar refractivity (Wildman–Crippen MR) is 74.5 cm³/mol. The molecule has 0 spiro atoms. The molecule has 18 heavy (non-hydrogen) atoms. The van der Waals surface area contributed by atoms with Gasteiger partial charge in [-0.05, 0) is 31.5 Å². The molecule has 0 aromatic heterocycles. The zero-order valence-corrected chi connectivity index (χ0v) is 11.2. The number of nitrogens with zero attached hydrogens (tertiary/aromatic N) is 1. The highest BCUT2D eigenvalue weighted by atomic mass is 19.1. The van der Waals surface area contributed by atoms with Gasteiger partial charge < -0.3 is 10.2 Å².